The fourth-order valence-corrected chi connectivity index (χ4v) is 4.20. The molecule has 17 heavy (non-hydrogen) atoms. The molecule has 0 aliphatic heterocycles. The highest BCUT2D eigenvalue weighted by atomic mass is 32.2. The smallest absolute Gasteiger partial charge is 0.211 e. The molecule has 2 rings (SSSR count). The number of sulfonamides is 1. The molecular formula is C12H24N2O2S. The van der Waals surface area contributed by atoms with Crippen molar-refractivity contribution in [3.05, 3.63) is 0 Å². The Morgan fingerprint density at radius 1 is 1.12 bits per heavy atom. The van der Waals surface area contributed by atoms with Crippen molar-refractivity contribution in [3.63, 3.8) is 0 Å². The van der Waals surface area contributed by atoms with Crippen LogP contribution in [0.25, 0.3) is 0 Å². The van der Waals surface area contributed by atoms with E-state index in [0.29, 0.717) is 24.1 Å². The molecule has 0 spiro atoms. The molecule has 0 aromatic heterocycles. The monoisotopic (exact) mass is 260 g/mol. The SMILES string of the molecule is NCC1CCCCC1NS(=O)(=O)CCC1CC1. The van der Waals surface area contributed by atoms with E-state index in [1.165, 1.54) is 19.3 Å². The third-order valence-electron chi connectivity index (χ3n) is 4.03. The maximum Gasteiger partial charge on any atom is 0.211 e. The van der Waals surface area contributed by atoms with Crippen LogP contribution in [0.5, 0.6) is 0 Å². The van der Waals surface area contributed by atoms with Crippen molar-refractivity contribution in [1.29, 1.82) is 0 Å². The fraction of sp³-hybridized carbons (Fsp3) is 1.00. The number of hydrogen-bond donors (Lipinski definition) is 2. The molecule has 100 valence electrons. The van der Waals surface area contributed by atoms with Crippen molar-refractivity contribution in [2.45, 2.75) is 51.0 Å². The van der Waals surface area contributed by atoms with Gasteiger partial charge in [0.05, 0.1) is 5.75 Å². The van der Waals surface area contributed by atoms with Crippen molar-refractivity contribution in [1.82, 2.24) is 4.72 Å². The molecule has 2 aliphatic carbocycles. The van der Waals surface area contributed by atoms with Gasteiger partial charge in [-0.15, -0.1) is 0 Å². The van der Waals surface area contributed by atoms with Crippen LogP contribution in [-0.2, 0) is 10.0 Å². The first-order valence-corrected chi connectivity index (χ1v) is 8.46. The topological polar surface area (TPSA) is 72.2 Å². The summed E-state index contributed by atoms with van der Waals surface area (Å²) in [5.74, 6) is 1.30. The number of nitrogens with two attached hydrogens (primary N) is 1. The van der Waals surface area contributed by atoms with Crippen LogP contribution >= 0.6 is 0 Å². The Bertz CT molecular complexity index is 338. The van der Waals surface area contributed by atoms with Gasteiger partial charge in [0.25, 0.3) is 0 Å². The van der Waals surface area contributed by atoms with Gasteiger partial charge in [-0.2, -0.15) is 0 Å². The Labute approximate surface area is 104 Å². The molecule has 0 amide bonds. The lowest BCUT2D eigenvalue weighted by atomic mass is 9.85. The van der Waals surface area contributed by atoms with E-state index < -0.39 is 10.0 Å². The molecule has 0 heterocycles. The fourth-order valence-electron chi connectivity index (χ4n) is 2.66. The summed E-state index contributed by atoms with van der Waals surface area (Å²) in [5.41, 5.74) is 5.71. The first-order chi connectivity index (χ1) is 8.11. The Balaban J connectivity index is 1.83. The minimum absolute atomic E-state index is 0.0814. The minimum Gasteiger partial charge on any atom is -0.330 e. The van der Waals surface area contributed by atoms with Gasteiger partial charge in [-0.25, -0.2) is 13.1 Å². The molecule has 2 atom stereocenters. The molecule has 2 fully saturated rings. The predicted octanol–water partition coefficient (Wildman–Crippen LogP) is 1.22. The highest BCUT2D eigenvalue weighted by molar-refractivity contribution is 7.89. The highest BCUT2D eigenvalue weighted by Crippen LogP contribution is 2.32. The summed E-state index contributed by atoms with van der Waals surface area (Å²) in [7, 11) is -3.08. The average Bonchev–Trinajstić information content (AvgIpc) is 3.11. The molecular weight excluding hydrogens is 236 g/mol. The highest BCUT2D eigenvalue weighted by Gasteiger charge is 2.29. The van der Waals surface area contributed by atoms with Crippen LogP contribution in [0.2, 0.25) is 0 Å². The van der Waals surface area contributed by atoms with Crippen LogP contribution in [0, 0.1) is 11.8 Å². The van der Waals surface area contributed by atoms with Crippen LogP contribution in [0.15, 0.2) is 0 Å². The van der Waals surface area contributed by atoms with E-state index in [4.69, 9.17) is 5.73 Å². The van der Waals surface area contributed by atoms with Crippen molar-refractivity contribution in [3.8, 4) is 0 Å². The summed E-state index contributed by atoms with van der Waals surface area (Å²) in [6.45, 7) is 0.593. The maximum atomic E-state index is 11.9. The predicted molar refractivity (Wildman–Crippen MR) is 69.1 cm³/mol. The quantitative estimate of drug-likeness (QED) is 0.754. The largest absolute Gasteiger partial charge is 0.330 e. The zero-order chi connectivity index (χ0) is 12.3. The molecule has 0 aromatic carbocycles. The van der Waals surface area contributed by atoms with Gasteiger partial charge in [-0.3, -0.25) is 0 Å². The Hall–Kier alpha value is -0.130. The van der Waals surface area contributed by atoms with Crippen molar-refractivity contribution < 1.29 is 8.42 Å². The minimum atomic E-state index is -3.08. The van der Waals surface area contributed by atoms with Crippen LogP contribution in [0.3, 0.4) is 0 Å². The summed E-state index contributed by atoms with van der Waals surface area (Å²) in [6, 6.07) is 0.0814. The normalized spacial score (nSPS) is 30.4. The Kier molecular flexibility index (Phi) is 4.44. The van der Waals surface area contributed by atoms with E-state index in [1.54, 1.807) is 0 Å². The molecule has 3 N–H and O–H groups in total. The Morgan fingerprint density at radius 2 is 1.82 bits per heavy atom. The van der Waals surface area contributed by atoms with E-state index in [1.807, 2.05) is 0 Å². The first-order valence-electron chi connectivity index (χ1n) is 6.81. The van der Waals surface area contributed by atoms with Crippen LogP contribution in [0.1, 0.15) is 44.9 Å². The van der Waals surface area contributed by atoms with Crippen LogP contribution in [-0.4, -0.2) is 26.8 Å². The number of nitrogens with one attached hydrogen (secondary N) is 1. The second-order valence-corrected chi connectivity index (χ2v) is 7.43. The second-order valence-electron chi connectivity index (χ2n) is 5.56. The Morgan fingerprint density at radius 3 is 2.47 bits per heavy atom. The number of rotatable bonds is 6. The van der Waals surface area contributed by atoms with Crippen molar-refractivity contribution >= 4 is 10.0 Å². The zero-order valence-electron chi connectivity index (χ0n) is 10.4. The van der Waals surface area contributed by atoms with Crippen molar-refractivity contribution in [2.75, 3.05) is 12.3 Å². The van der Waals surface area contributed by atoms with E-state index in [2.05, 4.69) is 4.72 Å². The van der Waals surface area contributed by atoms with E-state index in [0.717, 1.165) is 25.7 Å². The lowest BCUT2D eigenvalue weighted by molar-refractivity contribution is 0.296. The van der Waals surface area contributed by atoms with E-state index in [9.17, 15) is 8.42 Å². The summed E-state index contributed by atoms with van der Waals surface area (Å²) in [6.07, 6.45) is 7.56. The second kappa shape index (κ2) is 5.67. The van der Waals surface area contributed by atoms with Gasteiger partial charge in [0.15, 0.2) is 0 Å². The summed E-state index contributed by atoms with van der Waals surface area (Å²) in [4.78, 5) is 0. The molecule has 2 saturated carbocycles. The number of hydrogen-bond acceptors (Lipinski definition) is 3. The lowest BCUT2D eigenvalue weighted by Gasteiger charge is -2.31. The van der Waals surface area contributed by atoms with Gasteiger partial charge in [-0.1, -0.05) is 25.7 Å². The molecule has 0 radical (unpaired) electrons. The molecule has 0 bridgehead atoms. The van der Waals surface area contributed by atoms with E-state index >= 15 is 0 Å². The summed E-state index contributed by atoms with van der Waals surface area (Å²) in [5, 5.41) is 0. The molecule has 0 aromatic rings. The molecule has 2 unspecified atom stereocenters. The first kappa shape index (κ1) is 13.3. The third-order valence-corrected chi connectivity index (χ3v) is 5.47. The van der Waals surface area contributed by atoms with Gasteiger partial charge in [0.2, 0.25) is 10.0 Å². The van der Waals surface area contributed by atoms with Gasteiger partial charge in [-0.05, 0) is 37.6 Å². The molecule has 0 saturated heterocycles. The molecule has 2 aliphatic rings. The third kappa shape index (κ3) is 4.23. The van der Waals surface area contributed by atoms with E-state index in [-0.39, 0.29) is 6.04 Å². The van der Waals surface area contributed by atoms with Gasteiger partial charge in [0, 0.05) is 6.04 Å². The molecule has 4 nitrogen and oxygen atoms in total. The van der Waals surface area contributed by atoms with Crippen LogP contribution in [0.4, 0.5) is 0 Å². The maximum absolute atomic E-state index is 11.9. The van der Waals surface area contributed by atoms with Gasteiger partial charge < -0.3 is 5.73 Å². The van der Waals surface area contributed by atoms with Gasteiger partial charge in [0.1, 0.15) is 0 Å². The lowest BCUT2D eigenvalue weighted by Crippen LogP contribution is -2.45. The van der Waals surface area contributed by atoms with Crippen LogP contribution < -0.4 is 10.5 Å². The van der Waals surface area contributed by atoms with Gasteiger partial charge >= 0.3 is 0 Å². The summed E-state index contributed by atoms with van der Waals surface area (Å²) >= 11 is 0. The standard InChI is InChI=1S/C12H24N2O2S/c13-9-11-3-1-2-4-12(11)14-17(15,16)8-7-10-5-6-10/h10-12,14H,1-9,13H2. The zero-order valence-corrected chi connectivity index (χ0v) is 11.2. The molecule has 5 heteroatoms. The average molecular weight is 260 g/mol. The van der Waals surface area contributed by atoms with Crippen molar-refractivity contribution in [2.24, 2.45) is 17.6 Å². The summed E-state index contributed by atoms with van der Waals surface area (Å²) < 4.78 is 26.8.